The van der Waals surface area contributed by atoms with Gasteiger partial charge in [0.05, 0.1) is 41.6 Å². The number of nitriles is 1. The molecular formula is C29H29F3N4O2. The minimum absolute atomic E-state index is 0.0670. The number of ether oxygens (including phenoxy) is 1. The first-order valence-electron chi connectivity index (χ1n) is 12.4. The first-order valence-corrected chi connectivity index (χ1v) is 12.4. The van der Waals surface area contributed by atoms with Gasteiger partial charge in [0.15, 0.2) is 0 Å². The maximum Gasteiger partial charge on any atom is 0.416 e. The molecule has 1 aromatic heterocycles. The fourth-order valence-electron chi connectivity index (χ4n) is 4.51. The van der Waals surface area contributed by atoms with Crippen LogP contribution in [0.25, 0.3) is 0 Å². The third-order valence-electron chi connectivity index (χ3n) is 6.48. The second-order valence-corrected chi connectivity index (χ2v) is 9.61. The molecule has 0 bridgehead atoms. The monoisotopic (exact) mass is 522 g/mol. The standard InChI is InChI=1S/C29H29F3N4O2/c1-19(2)38-18-26-12-9-23(16-34-26)27(21-7-10-24(11-8-21)29(30,31)32)36-14-13-25(17-36)35-28(37)22-5-3-20(15-33)4-6-22/h3-12,16,19,25,27H,13-14,17-18H2,1-2H3,(H,35,37)/t25?,27-/m1/s1. The van der Waals surface area contributed by atoms with Gasteiger partial charge in [-0.15, -0.1) is 0 Å². The highest BCUT2D eigenvalue weighted by Gasteiger charge is 2.33. The molecule has 1 aliphatic rings. The number of rotatable bonds is 8. The summed E-state index contributed by atoms with van der Waals surface area (Å²) in [4.78, 5) is 19.4. The van der Waals surface area contributed by atoms with Gasteiger partial charge in [-0.05, 0) is 73.9 Å². The number of alkyl halides is 3. The fraction of sp³-hybridized carbons (Fsp3) is 0.345. The Morgan fingerprint density at radius 1 is 1.11 bits per heavy atom. The smallest absolute Gasteiger partial charge is 0.373 e. The van der Waals surface area contributed by atoms with Crippen LogP contribution in [0.5, 0.6) is 0 Å². The summed E-state index contributed by atoms with van der Waals surface area (Å²) in [6.45, 7) is 5.42. The summed E-state index contributed by atoms with van der Waals surface area (Å²) >= 11 is 0. The Kier molecular flexibility index (Phi) is 8.45. The van der Waals surface area contributed by atoms with E-state index in [1.165, 1.54) is 12.1 Å². The van der Waals surface area contributed by atoms with E-state index in [0.717, 1.165) is 23.4 Å². The number of benzene rings is 2. The van der Waals surface area contributed by atoms with E-state index in [-0.39, 0.29) is 24.1 Å². The Morgan fingerprint density at radius 2 is 1.79 bits per heavy atom. The topological polar surface area (TPSA) is 78.2 Å². The highest BCUT2D eigenvalue weighted by atomic mass is 19.4. The van der Waals surface area contributed by atoms with Crippen LogP contribution in [0.3, 0.4) is 0 Å². The normalized spacial score (nSPS) is 16.8. The van der Waals surface area contributed by atoms with E-state index in [0.29, 0.717) is 42.8 Å². The molecule has 4 rings (SSSR count). The lowest BCUT2D eigenvalue weighted by Gasteiger charge is -2.29. The van der Waals surface area contributed by atoms with Crippen LogP contribution in [-0.4, -0.2) is 41.0 Å². The molecule has 1 amide bonds. The maximum absolute atomic E-state index is 13.2. The Labute approximate surface area is 220 Å². The average Bonchev–Trinajstić information content (AvgIpc) is 3.36. The lowest BCUT2D eigenvalue weighted by molar-refractivity contribution is -0.137. The molecule has 0 spiro atoms. The number of hydrogen-bond donors (Lipinski definition) is 1. The van der Waals surface area contributed by atoms with Gasteiger partial charge in [0.25, 0.3) is 5.91 Å². The van der Waals surface area contributed by atoms with Gasteiger partial charge in [0.2, 0.25) is 0 Å². The van der Waals surface area contributed by atoms with Crippen molar-refractivity contribution in [2.24, 2.45) is 0 Å². The molecule has 2 heterocycles. The molecule has 9 heteroatoms. The summed E-state index contributed by atoms with van der Waals surface area (Å²) in [5, 5.41) is 12.0. The van der Waals surface area contributed by atoms with Gasteiger partial charge in [-0.1, -0.05) is 18.2 Å². The SMILES string of the molecule is CC(C)OCc1ccc([C@@H](c2ccc(C(F)(F)F)cc2)N2CCC(NC(=O)c3ccc(C#N)cc3)C2)cn1. The molecule has 1 fully saturated rings. The quantitative estimate of drug-likeness (QED) is 0.423. The third-order valence-corrected chi connectivity index (χ3v) is 6.48. The van der Waals surface area contributed by atoms with Crippen molar-refractivity contribution in [3.63, 3.8) is 0 Å². The molecule has 2 atom stereocenters. The molecule has 3 aromatic rings. The van der Waals surface area contributed by atoms with Gasteiger partial charge in [0, 0.05) is 30.9 Å². The number of aromatic nitrogens is 1. The van der Waals surface area contributed by atoms with Crippen molar-refractivity contribution in [1.82, 2.24) is 15.2 Å². The molecule has 0 saturated carbocycles. The number of nitrogens with zero attached hydrogens (tertiary/aromatic N) is 3. The van der Waals surface area contributed by atoms with Gasteiger partial charge in [0.1, 0.15) is 0 Å². The van der Waals surface area contributed by atoms with Crippen LogP contribution >= 0.6 is 0 Å². The molecule has 38 heavy (non-hydrogen) atoms. The summed E-state index contributed by atoms with van der Waals surface area (Å²) in [6.07, 6.45) is -1.92. The van der Waals surface area contributed by atoms with Crippen LogP contribution in [0, 0.1) is 11.3 Å². The van der Waals surface area contributed by atoms with Crippen molar-refractivity contribution in [2.75, 3.05) is 13.1 Å². The van der Waals surface area contributed by atoms with Gasteiger partial charge >= 0.3 is 6.18 Å². The van der Waals surface area contributed by atoms with E-state index in [1.54, 1.807) is 30.5 Å². The average molecular weight is 523 g/mol. The van der Waals surface area contributed by atoms with E-state index in [1.807, 2.05) is 32.0 Å². The van der Waals surface area contributed by atoms with Gasteiger partial charge in [-0.25, -0.2) is 0 Å². The lowest BCUT2D eigenvalue weighted by atomic mass is 9.97. The van der Waals surface area contributed by atoms with E-state index in [2.05, 4.69) is 15.2 Å². The van der Waals surface area contributed by atoms with Crippen LogP contribution in [0.2, 0.25) is 0 Å². The van der Waals surface area contributed by atoms with Crippen molar-refractivity contribution in [2.45, 2.75) is 51.2 Å². The summed E-state index contributed by atoms with van der Waals surface area (Å²) in [5.41, 5.74) is 2.56. The molecule has 0 radical (unpaired) electrons. The number of pyridine rings is 1. The van der Waals surface area contributed by atoms with Crippen molar-refractivity contribution in [3.05, 3.63) is 100 Å². The van der Waals surface area contributed by atoms with E-state index in [9.17, 15) is 18.0 Å². The Hall–Kier alpha value is -3.74. The molecule has 6 nitrogen and oxygen atoms in total. The van der Waals surface area contributed by atoms with Crippen molar-refractivity contribution in [3.8, 4) is 6.07 Å². The number of carbonyl (C=O) groups excluding carboxylic acids is 1. The zero-order valence-corrected chi connectivity index (χ0v) is 21.2. The van der Waals surface area contributed by atoms with Crippen molar-refractivity contribution < 1.29 is 22.7 Å². The zero-order valence-electron chi connectivity index (χ0n) is 21.2. The molecular weight excluding hydrogens is 493 g/mol. The van der Waals surface area contributed by atoms with E-state index < -0.39 is 11.7 Å². The summed E-state index contributed by atoms with van der Waals surface area (Å²) in [6, 6.07) is 17.0. The van der Waals surface area contributed by atoms with Crippen LogP contribution in [0.1, 0.15) is 64.6 Å². The Balaban J connectivity index is 1.53. The summed E-state index contributed by atoms with van der Waals surface area (Å²) in [5.74, 6) is -0.233. The number of carbonyl (C=O) groups is 1. The van der Waals surface area contributed by atoms with Crippen LogP contribution in [-0.2, 0) is 17.5 Å². The van der Waals surface area contributed by atoms with Crippen molar-refractivity contribution >= 4 is 5.91 Å². The predicted molar refractivity (Wildman–Crippen MR) is 136 cm³/mol. The molecule has 1 saturated heterocycles. The molecule has 198 valence electrons. The summed E-state index contributed by atoms with van der Waals surface area (Å²) < 4.78 is 45.2. The minimum Gasteiger partial charge on any atom is -0.373 e. The Morgan fingerprint density at radius 3 is 2.37 bits per heavy atom. The number of amides is 1. The van der Waals surface area contributed by atoms with E-state index in [4.69, 9.17) is 10.00 Å². The van der Waals surface area contributed by atoms with Crippen LogP contribution < -0.4 is 5.32 Å². The number of nitrogens with one attached hydrogen (secondary N) is 1. The molecule has 1 aliphatic heterocycles. The van der Waals surface area contributed by atoms with Crippen LogP contribution in [0.4, 0.5) is 13.2 Å². The Bertz CT molecular complexity index is 1270. The molecule has 2 aromatic carbocycles. The zero-order chi connectivity index (χ0) is 27.3. The number of hydrogen-bond acceptors (Lipinski definition) is 5. The molecule has 1 unspecified atom stereocenters. The van der Waals surface area contributed by atoms with E-state index >= 15 is 0 Å². The van der Waals surface area contributed by atoms with Crippen molar-refractivity contribution in [1.29, 1.82) is 5.26 Å². The van der Waals surface area contributed by atoms with Crippen LogP contribution in [0.15, 0.2) is 66.9 Å². The summed E-state index contributed by atoms with van der Waals surface area (Å²) in [7, 11) is 0. The fourth-order valence-corrected chi connectivity index (χ4v) is 4.51. The van der Waals surface area contributed by atoms with Gasteiger partial charge in [-0.2, -0.15) is 18.4 Å². The van der Waals surface area contributed by atoms with Gasteiger partial charge in [-0.3, -0.25) is 14.7 Å². The second-order valence-electron chi connectivity index (χ2n) is 9.61. The lowest BCUT2D eigenvalue weighted by Crippen LogP contribution is -2.38. The highest BCUT2D eigenvalue weighted by molar-refractivity contribution is 5.94. The number of halogens is 3. The second kappa shape index (κ2) is 11.8. The first kappa shape index (κ1) is 27.3. The number of likely N-dealkylation sites (tertiary alicyclic amines) is 1. The largest absolute Gasteiger partial charge is 0.416 e. The van der Waals surface area contributed by atoms with Gasteiger partial charge < -0.3 is 10.1 Å². The molecule has 0 aliphatic carbocycles. The maximum atomic E-state index is 13.2. The third kappa shape index (κ3) is 6.77. The molecule has 1 N–H and O–H groups in total. The minimum atomic E-state index is -4.41. The highest BCUT2D eigenvalue weighted by Crippen LogP contribution is 2.34. The predicted octanol–water partition coefficient (Wildman–Crippen LogP) is 5.49. The first-order chi connectivity index (χ1) is 18.1.